The number of nitrogens with one attached hydrogen (secondary N) is 1. The molecule has 1 atom stereocenters. The average Bonchev–Trinajstić information content (AvgIpc) is 2.49. The number of carbonyl (C=O) groups excluding carboxylic acids is 2. The first kappa shape index (κ1) is 17.4. The molecular formula is C14H20ClN3O3. The van der Waals surface area contributed by atoms with E-state index in [-0.39, 0.29) is 31.3 Å². The lowest BCUT2D eigenvalue weighted by Crippen LogP contribution is -2.50. The van der Waals surface area contributed by atoms with Crippen molar-refractivity contribution in [2.45, 2.75) is 12.5 Å². The van der Waals surface area contributed by atoms with E-state index in [0.29, 0.717) is 13.2 Å². The number of carbonyl (C=O) groups is 2. The zero-order valence-corrected chi connectivity index (χ0v) is 12.5. The van der Waals surface area contributed by atoms with Gasteiger partial charge in [0.15, 0.2) is 0 Å². The van der Waals surface area contributed by atoms with Crippen LogP contribution in [0.4, 0.5) is 5.69 Å². The Bertz CT molecular complexity index is 464. The quantitative estimate of drug-likeness (QED) is 0.819. The number of hydrogen-bond acceptors (Lipinski definition) is 4. The number of para-hydroxylation sites is 1. The van der Waals surface area contributed by atoms with E-state index in [1.807, 2.05) is 30.3 Å². The van der Waals surface area contributed by atoms with Gasteiger partial charge in [-0.1, -0.05) is 18.2 Å². The molecule has 0 unspecified atom stereocenters. The Morgan fingerprint density at radius 1 is 1.33 bits per heavy atom. The normalized spacial score (nSPS) is 17.6. The number of nitrogens with two attached hydrogens (primary N) is 1. The number of primary amides is 1. The Balaban J connectivity index is 0.00000220. The van der Waals surface area contributed by atoms with E-state index < -0.39 is 12.0 Å². The molecule has 0 saturated carbocycles. The van der Waals surface area contributed by atoms with Crippen LogP contribution in [-0.4, -0.2) is 44.2 Å². The van der Waals surface area contributed by atoms with Gasteiger partial charge in [0.2, 0.25) is 5.91 Å². The Kier molecular flexibility index (Phi) is 7.14. The third kappa shape index (κ3) is 5.00. The SMILES string of the molecule is Cl.NC(=O)CCN(C(=O)[C@H]1CNCCO1)c1ccccc1. The van der Waals surface area contributed by atoms with Gasteiger partial charge in [0, 0.05) is 31.7 Å². The van der Waals surface area contributed by atoms with E-state index >= 15 is 0 Å². The second kappa shape index (κ2) is 8.61. The van der Waals surface area contributed by atoms with Gasteiger partial charge in [-0.05, 0) is 12.1 Å². The maximum absolute atomic E-state index is 12.5. The van der Waals surface area contributed by atoms with Crippen molar-refractivity contribution in [2.24, 2.45) is 5.73 Å². The molecule has 1 aromatic carbocycles. The van der Waals surface area contributed by atoms with Crippen LogP contribution in [0.25, 0.3) is 0 Å². The van der Waals surface area contributed by atoms with Crippen molar-refractivity contribution in [1.82, 2.24) is 5.32 Å². The fraction of sp³-hybridized carbons (Fsp3) is 0.429. The molecule has 2 amide bonds. The first-order valence-electron chi connectivity index (χ1n) is 6.65. The van der Waals surface area contributed by atoms with Crippen LogP contribution in [0.3, 0.4) is 0 Å². The van der Waals surface area contributed by atoms with E-state index in [1.54, 1.807) is 4.90 Å². The van der Waals surface area contributed by atoms with Crippen molar-refractivity contribution in [3.63, 3.8) is 0 Å². The fourth-order valence-corrected chi connectivity index (χ4v) is 2.09. The Hall–Kier alpha value is -1.63. The highest BCUT2D eigenvalue weighted by Gasteiger charge is 2.27. The highest BCUT2D eigenvalue weighted by molar-refractivity contribution is 5.97. The van der Waals surface area contributed by atoms with Gasteiger partial charge < -0.3 is 20.7 Å². The lowest BCUT2D eigenvalue weighted by Gasteiger charge is -2.29. The van der Waals surface area contributed by atoms with E-state index in [0.717, 1.165) is 12.2 Å². The Morgan fingerprint density at radius 3 is 2.62 bits per heavy atom. The lowest BCUT2D eigenvalue weighted by molar-refractivity contribution is -0.131. The Morgan fingerprint density at radius 2 is 2.05 bits per heavy atom. The topological polar surface area (TPSA) is 84.7 Å². The van der Waals surface area contributed by atoms with Gasteiger partial charge in [0.05, 0.1) is 6.61 Å². The van der Waals surface area contributed by atoms with Crippen molar-refractivity contribution in [3.8, 4) is 0 Å². The standard InChI is InChI=1S/C14H19N3O3.ClH/c15-13(18)6-8-17(11-4-2-1-3-5-11)14(19)12-10-16-7-9-20-12;/h1-5,12,16H,6-10H2,(H2,15,18);1H/t12-;/m1./s1. The van der Waals surface area contributed by atoms with Crippen molar-refractivity contribution >= 4 is 29.9 Å². The molecule has 0 radical (unpaired) electrons. The average molecular weight is 314 g/mol. The number of rotatable bonds is 5. The molecule has 0 spiro atoms. The van der Waals surface area contributed by atoms with E-state index in [2.05, 4.69) is 5.32 Å². The minimum Gasteiger partial charge on any atom is -0.370 e. The third-order valence-corrected chi connectivity index (χ3v) is 3.12. The predicted molar refractivity (Wildman–Crippen MR) is 82.5 cm³/mol. The number of nitrogens with zero attached hydrogens (tertiary/aromatic N) is 1. The molecule has 1 aliphatic heterocycles. The molecule has 1 aromatic rings. The third-order valence-electron chi connectivity index (χ3n) is 3.12. The summed E-state index contributed by atoms with van der Waals surface area (Å²) < 4.78 is 5.48. The molecule has 6 nitrogen and oxygen atoms in total. The van der Waals surface area contributed by atoms with Crippen LogP contribution >= 0.6 is 12.4 Å². The van der Waals surface area contributed by atoms with Crippen LogP contribution in [0.5, 0.6) is 0 Å². The van der Waals surface area contributed by atoms with Crippen LogP contribution < -0.4 is 16.0 Å². The Labute approximate surface area is 130 Å². The molecule has 0 bridgehead atoms. The van der Waals surface area contributed by atoms with Gasteiger partial charge in [0.25, 0.3) is 5.91 Å². The molecule has 0 aliphatic carbocycles. The summed E-state index contributed by atoms with van der Waals surface area (Å²) in [7, 11) is 0. The second-order valence-corrected chi connectivity index (χ2v) is 4.61. The molecule has 0 aromatic heterocycles. The summed E-state index contributed by atoms with van der Waals surface area (Å²) in [5.41, 5.74) is 5.92. The summed E-state index contributed by atoms with van der Waals surface area (Å²) in [6.45, 7) is 2.00. The molecule has 1 fully saturated rings. The summed E-state index contributed by atoms with van der Waals surface area (Å²) in [6, 6.07) is 9.23. The highest BCUT2D eigenvalue weighted by Crippen LogP contribution is 2.16. The largest absolute Gasteiger partial charge is 0.370 e. The molecule has 2 rings (SSSR count). The number of ether oxygens (including phenoxy) is 1. The van der Waals surface area contributed by atoms with Crippen LogP contribution in [0.15, 0.2) is 30.3 Å². The van der Waals surface area contributed by atoms with Gasteiger partial charge in [-0.15, -0.1) is 12.4 Å². The zero-order valence-electron chi connectivity index (χ0n) is 11.7. The molecular weight excluding hydrogens is 294 g/mol. The number of hydrogen-bond donors (Lipinski definition) is 2. The maximum atomic E-state index is 12.5. The van der Waals surface area contributed by atoms with Crippen molar-refractivity contribution in [3.05, 3.63) is 30.3 Å². The minimum absolute atomic E-state index is 0. The van der Waals surface area contributed by atoms with E-state index in [4.69, 9.17) is 10.5 Å². The van der Waals surface area contributed by atoms with Crippen LogP contribution in [0, 0.1) is 0 Å². The predicted octanol–water partition coefficient (Wildman–Crippen LogP) is 0.305. The van der Waals surface area contributed by atoms with E-state index in [9.17, 15) is 9.59 Å². The van der Waals surface area contributed by atoms with Gasteiger partial charge in [0.1, 0.15) is 6.10 Å². The van der Waals surface area contributed by atoms with Crippen LogP contribution in [-0.2, 0) is 14.3 Å². The zero-order chi connectivity index (χ0) is 14.4. The lowest BCUT2D eigenvalue weighted by atomic mass is 10.2. The van der Waals surface area contributed by atoms with Gasteiger partial charge in [-0.3, -0.25) is 9.59 Å². The fourth-order valence-electron chi connectivity index (χ4n) is 2.09. The molecule has 7 heteroatoms. The molecule has 116 valence electrons. The van der Waals surface area contributed by atoms with Crippen LogP contribution in [0.1, 0.15) is 6.42 Å². The summed E-state index contributed by atoms with van der Waals surface area (Å²) in [4.78, 5) is 25.1. The summed E-state index contributed by atoms with van der Waals surface area (Å²) in [6.07, 6.45) is -0.391. The summed E-state index contributed by atoms with van der Waals surface area (Å²) >= 11 is 0. The van der Waals surface area contributed by atoms with E-state index in [1.165, 1.54) is 0 Å². The molecule has 1 aliphatic rings. The maximum Gasteiger partial charge on any atom is 0.257 e. The molecule has 1 saturated heterocycles. The number of anilines is 1. The van der Waals surface area contributed by atoms with Crippen molar-refractivity contribution in [2.75, 3.05) is 31.1 Å². The second-order valence-electron chi connectivity index (χ2n) is 4.61. The molecule has 1 heterocycles. The number of benzene rings is 1. The number of halogens is 1. The van der Waals surface area contributed by atoms with Crippen molar-refractivity contribution < 1.29 is 14.3 Å². The smallest absolute Gasteiger partial charge is 0.257 e. The van der Waals surface area contributed by atoms with Crippen LogP contribution in [0.2, 0.25) is 0 Å². The minimum atomic E-state index is -0.517. The first-order chi connectivity index (χ1) is 9.68. The van der Waals surface area contributed by atoms with Gasteiger partial charge in [-0.25, -0.2) is 0 Å². The van der Waals surface area contributed by atoms with Gasteiger partial charge in [-0.2, -0.15) is 0 Å². The first-order valence-corrected chi connectivity index (χ1v) is 6.65. The molecule has 21 heavy (non-hydrogen) atoms. The van der Waals surface area contributed by atoms with Gasteiger partial charge >= 0.3 is 0 Å². The monoisotopic (exact) mass is 313 g/mol. The highest BCUT2D eigenvalue weighted by atomic mass is 35.5. The summed E-state index contributed by atoms with van der Waals surface area (Å²) in [5, 5.41) is 3.12. The molecule has 3 N–H and O–H groups in total. The number of amides is 2. The summed E-state index contributed by atoms with van der Waals surface area (Å²) in [5.74, 6) is -0.578. The number of morpholine rings is 1. The van der Waals surface area contributed by atoms with Crippen molar-refractivity contribution in [1.29, 1.82) is 0 Å².